The maximum absolute atomic E-state index is 5.73. The highest BCUT2D eigenvalue weighted by molar-refractivity contribution is 5.85. The van der Waals surface area contributed by atoms with Gasteiger partial charge in [-0.1, -0.05) is 12.1 Å². The highest BCUT2D eigenvalue weighted by Gasteiger charge is 2.09. The summed E-state index contributed by atoms with van der Waals surface area (Å²) in [6.45, 7) is 2.01. The highest BCUT2D eigenvalue weighted by Crippen LogP contribution is 2.31. The van der Waals surface area contributed by atoms with Crippen LogP contribution in [-0.2, 0) is 6.42 Å². The van der Waals surface area contributed by atoms with E-state index in [0.717, 1.165) is 29.9 Å². The smallest absolute Gasteiger partial charge is 0.163 e. The fraction of sp³-hybridized carbons (Fsp3) is 0.500. The van der Waals surface area contributed by atoms with Crippen molar-refractivity contribution in [1.29, 1.82) is 0 Å². The van der Waals surface area contributed by atoms with Crippen LogP contribution in [0, 0.1) is 0 Å². The lowest BCUT2D eigenvalue weighted by Crippen LogP contribution is -2.15. The van der Waals surface area contributed by atoms with E-state index in [9.17, 15) is 0 Å². The molecule has 0 saturated carbocycles. The molecule has 0 amide bonds. The quantitative estimate of drug-likeness (QED) is 0.867. The van der Waals surface area contributed by atoms with Crippen LogP contribution in [0.5, 0.6) is 11.5 Å². The molecule has 0 saturated heterocycles. The summed E-state index contributed by atoms with van der Waals surface area (Å²) >= 11 is 0. The van der Waals surface area contributed by atoms with Gasteiger partial charge in [0.15, 0.2) is 11.5 Å². The van der Waals surface area contributed by atoms with Crippen molar-refractivity contribution in [2.45, 2.75) is 25.8 Å². The summed E-state index contributed by atoms with van der Waals surface area (Å²) in [5, 5.41) is 0. The second-order valence-corrected chi connectivity index (χ2v) is 3.67. The third kappa shape index (κ3) is 3.91. The monoisotopic (exact) mass is 245 g/mol. The fourth-order valence-electron chi connectivity index (χ4n) is 1.53. The maximum atomic E-state index is 5.73. The largest absolute Gasteiger partial charge is 0.493 e. The Morgan fingerprint density at radius 2 is 1.94 bits per heavy atom. The third-order valence-corrected chi connectivity index (χ3v) is 2.35. The predicted molar refractivity (Wildman–Crippen MR) is 68.8 cm³/mol. The molecule has 1 rings (SSSR count). The van der Waals surface area contributed by atoms with Crippen LogP contribution in [0.25, 0.3) is 0 Å². The van der Waals surface area contributed by atoms with Crippen LogP contribution in [-0.4, -0.2) is 20.3 Å². The molecule has 0 heterocycles. The van der Waals surface area contributed by atoms with Crippen molar-refractivity contribution in [2.75, 3.05) is 14.2 Å². The van der Waals surface area contributed by atoms with E-state index in [0.29, 0.717) is 0 Å². The van der Waals surface area contributed by atoms with E-state index in [1.54, 1.807) is 14.2 Å². The molecular weight excluding hydrogens is 226 g/mol. The second-order valence-electron chi connectivity index (χ2n) is 3.67. The molecule has 1 atom stereocenters. The van der Waals surface area contributed by atoms with E-state index in [4.69, 9.17) is 15.2 Å². The zero-order valence-electron chi connectivity index (χ0n) is 10.0. The van der Waals surface area contributed by atoms with Gasteiger partial charge in [-0.05, 0) is 31.4 Å². The van der Waals surface area contributed by atoms with E-state index in [2.05, 4.69) is 0 Å². The molecule has 1 unspecified atom stereocenters. The van der Waals surface area contributed by atoms with Gasteiger partial charge in [-0.25, -0.2) is 0 Å². The normalized spacial score (nSPS) is 11.5. The van der Waals surface area contributed by atoms with Crippen molar-refractivity contribution in [2.24, 2.45) is 5.73 Å². The summed E-state index contributed by atoms with van der Waals surface area (Å²) in [4.78, 5) is 0. The first-order valence-electron chi connectivity index (χ1n) is 5.14. The Balaban J connectivity index is 0.00000225. The van der Waals surface area contributed by atoms with Crippen LogP contribution in [0.2, 0.25) is 0 Å². The highest BCUT2D eigenvalue weighted by atomic mass is 35.5. The number of benzene rings is 1. The minimum absolute atomic E-state index is 0. The molecule has 0 bridgehead atoms. The molecule has 0 spiro atoms. The summed E-state index contributed by atoms with van der Waals surface area (Å²) in [6.07, 6.45) is 1.86. The topological polar surface area (TPSA) is 44.5 Å². The van der Waals surface area contributed by atoms with Gasteiger partial charge in [-0.3, -0.25) is 0 Å². The average Bonchev–Trinajstić information content (AvgIpc) is 2.25. The van der Waals surface area contributed by atoms with E-state index in [1.165, 1.54) is 0 Å². The lowest BCUT2D eigenvalue weighted by atomic mass is 10.1. The summed E-state index contributed by atoms with van der Waals surface area (Å²) in [6, 6.07) is 6.12. The Morgan fingerprint density at radius 1 is 1.25 bits per heavy atom. The van der Waals surface area contributed by atoms with Crippen LogP contribution >= 0.6 is 12.4 Å². The first-order valence-corrected chi connectivity index (χ1v) is 5.14. The maximum Gasteiger partial charge on any atom is 0.163 e. The van der Waals surface area contributed by atoms with Gasteiger partial charge >= 0.3 is 0 Å². The third-order valence-electron chi connectivity index (χ3n) is 2.35. The van der Waals surface area contributed by atoms with Crippen molar-refractivity contribution >= 4 is 12.4 Å². The number of methoxy groups -OCH3 is 2. The van der Waals surface area contributed by atoms with E-state index >= 15 is 0 Å². The van der Waals surface area contributed by atoms with Gasteiger partial charge in [0.1, 0.15) is 0 Å². The number of ether oxygens (including phenoxy) is 2. The second kappa shape index (κ2) is 7.36. The number of para-hydroxylation sites is 1. The molecule has 4 heteroatoms. The summed E-state index contributed by atoms with van der Waals surface area (Å²) < 4.78 is 10.6. The van der Waals surface area contributed by atoms with Crippen LogP contribution in [0.4, 0.5) is 0 Å². The zero-order chi connectivity index (χ0) is 11.3. The van der Waals surface area contributed by atoms with Gasteiger partial charge in [0.2, 0.25) is 0 Å². The van der Waals surface area contributed by atoms with Crippen molar-refractivity contribution < 1.29 is 9.47 Å². The van der Waals surface area contributed by atoms with Crippen LogP contribution in [0.15, 0.2) is 18.2 Å². The molecule has 0 aromatic heterocycles. The Labute approximate surface area is 103 Å². The number of nitrogens with two attached hydrogens (primary N) is 1. The van der Waals surface area contributed by atoms with Gasteiger partial charge in [-0.15, -0.1) is 12.4 Å². The summed E-state index contributed by atoms with van der Waals surface area (Å²) in [5.41, 5.74) is 6.88. The summed E-state index contributed by atoms with van der Waals surface area (Å²) in [5.74, 6) is 1.60. The molecule has 0 aliphatic carbocycles. The standard InChI is InChI=1S/C12H19NO2.ClH/c1-9(13)7-8-10-5-4-6-11(14-2)12(10)15-3;/h4-6,9H,7-8,13H2,1-3H3;1H. The SMILES string of the molecule is COc1cccc(CCC(C)N)c1OC.Cl. The molecular formula is C12H20ClNO2. The molecule has 2 N–H and O–H groups in total. The number of aryl methyl sites for hydroxylation is 1. The molecule has 1 aromatic carbocycles. The van der Waals surface area contributed by atoms with Crippen molar-refractivity contribution in [3.63, 3.8) is 0 Å². The number of hydrogen-bond donors (Lipinski definition) is 1. The molecule has 0 fully saturated rings. The van der Waals surface area contributed by atoms with Crippen molar-refractivity contribution in [3.8, 4) is 11.5 Å². The van der Waals surface area contributed by atoms with Crippen LogP contribution in [0.1, 0.15) is 18.9 Å². The van der Waals surface area contributed by atoms with Gasteiger partial charge in [0.25, 0.3) is 0 Å². The predicted octanol–water partition coefficient (Wildman–Crippen LogP) is 2.41. The van der Waals surface area contributed by atoms with Crippen LogP contribution < -0.4 is 15.2 Å². The van der Waals surface area contributed by atoms with Gasteiger partial charge in [0.05, 0.1) is 14.2 Å². The van der Waals surface area contributed by atoms with Gasteiger partial charge < -0.3 is 15.2 Å². The van der Waals surface area contributed by atoms with Gasteiger partial charge in [-0.2, -0.15) is 0 Å². The first-order chi connectivity index (χ1) is 7.19. The molecule has 0 aliphatic rings. The molecule has 16 heavy (non-hydrogen) atoms. The molecule has 0 radical (unpaired) electrons. The minimum atomic E-state index is 0. The molecule has 0 aliphatic heterocycles. The summed E-state index contributed by atoms with van der Waals surface area (Å²) in [7, 11) is 3.31. The van der Waals surface area contributed by atoms with Crippen molar-refractivity contribution in [1.82, 2.24) is 0 Å². The Bertz CT molecular complexity index is 316. The van der Waals surface area contributed by atoms with E-state index in [1.807, 2.05) is 25.1 Å². The van der Waals surface area contributed by atoms with E-state index in [-0.39, 0.29) is 18.4 Å². The fourth-order valence-corrected chi connectivity index (χ4v) is 1.53. The molecule has 1 aromatic rings. The number of rotatable bonds is 5. The lowest BCUT2D eigenvalue weighted by Gasteiger charge is -2.13. The van der Waals surface area contributed by atoms with Crippen molar-refractivity contribution in [3.05, 3.63) is 23.8 Å². The van der Waals surface area contributed by atoms with Crippen LogP contribution in [0.3, 0.4) is 0 Å². The Hall–Kier alpha value is -0.930. The average molecular weight is 246 g/mol. The Morgan fingerprint density at radius 3 is 2.44 bits per heavy atom. The Kier molecular flexibility index (Phi) is 6.93. The zero-order valence-corrected chi connectivity index (χ0v) is 10.8. The number of halogens is 1. The van der Waals surface area contributed by atoms with E-state index < -0.39 is 0 Å². The first kappa shape index (κ1) is 15.1. The number of hydrogen-bond acceptors (Lipinski definition) is 3. The molecule has 92 valence electrons. The van der Waals surface area contributed by atoms with Gasteiger partial charge in [0, 0.05) is 6.04 Å². The minimum Gasteiger partial charge on any atom is -0.493 e. The lowest BCUT2D eigenvalue weighted by molar-refractivity contribution is 0.351. The molecule has 3 nitrogen and oxygen atoms in total.